The first-order chi connectivity index (χ1) is 8.54. The summed E-state index contributed by atoms with van der Waals surface area (Å²) in [5.41, 5.74) is -1.47. The van der Waals surface area contributed by atoms with Crippen LogP contribution in [0.1, 0.15) is 39.5 Å². The van der Waals surface area contributed by atoms with Crippen molar-refractivity contribution in [2.75, 3.05) is 0 Å². The van der Waals surface area contributed by atoms with Crippen LogP contribution >= 0.6 is 0 Å². The average Bonchev–Trinajstić information content (AvgIpc) is 2.27. The van der Waals surface area contributed by atoms with Gasteiger partial charge in [-0.2, -0.15) is 13.2 Å². The number of aliphatic carboxylic acids is 1. The van der Waals surface area contributed by atoms with Gasteiger partial charge in [0.25, 0.3) is 0 Å². The van der Waals surface area contributed by atoms with Gasteiger partial charge in [0.2, 0.25) is 5.91 Å². The molecule has 0 aromatic carbocycles. The van der Waals surface area contributed by atoms with Crippen LogP contribution in [0, 0.1) is 11.8 Å². The summed E-state index contributed by atoms with van der Waals surface area (Å²) in [6, 6.07) is 0. The number of hydrogen-bond acceptors (Lipinski definition) is 2. The molecule has 0 aromatic rings. The first-order valence-corrected chi connectivity index (χ1v) is 6.16. The van der Waals surface area contributed by atoms with Crippen LogP contribution in [0.2, 0.25) is 0 Å². The number of halogens is 3. The van der Waals surface area contributed by atoms with Gasteiger partial charge in [0.1, 0.15) is 5.54 Å². The van der Waals surface area contributed by atoms with Gasteiger partial charge in [0.15, 0.2) is 0 Å². The fraction of sp³-hybridized carbons (Fsp3) is 0.833. The molecule has 4 nitrogen and oxygen atoms in total. The molecule has 19 heavy (non-hydrogen) atoms. The van der Waals surface area contributed by atoms with Crippen LogP contribution in [0.5, 0.6) is 0 Å². The summed E-state index contributed by atoms with van der Waals surface area (Å²) in [5, 5.41) is 11.2. The van der Waals surface area contributed by atoms with Crippen LogP contribution in [0.15, 0.2) is 0 Å². The topological polar surface area (TPSA) is 66.4 Å². The van der Waals surface area contributed by atoms with Crippen molar-refractivity contribution >= 4 is 11.9 Å². The van der Waals surface area contributed by atoms with Crippen molar-refractivity contribution in [1.29, 1.82) is 0 Å². The molecule has 0 unspecified atom stereocenters. The average molecular weight is 281 g/mol. The van der Waals surface area contributed by atoms with Gasteiger partial charge in [-0.05, 0) is 33.1 Å². The van der Waals surface area contributed by atoms with E-state index in [-0.39, 0.29) is 12.8 Å². The van der Waals surface area contributed by atoms with E-state index < -0.39 is 35.4 Å². The molecule has 1 fully saturated rings. The Bertz CT molecular complexity index is 366. The summed E-state index contributed by atoms with van der Waals surface area (Å²) in [7, 11) is 0. The number of carboxylic acids is 1. The lowest BCUT2D eigenvalue weighted by atomic mass is 9.80. The van der Waals surface area contributed by atoms with Crippen LogP contribution in [0.3, 0.4) is 0 Å². The molecule has 0 saturated heterocycles. The van der Waals surface area contributed by atoms with Gasteiger partial charge in [0, 0.05) is 5.92 Å². The molecule has 110 valence electrons. The second kappa shape index (κ2) is 5.38. The Kier molecular flexibility index (Phi) is 4.47. The Morgan fingerprint density at radius 1 is 1.21 bits per heavy atom. The van der Waals surface area contributed by atoms with Gasteiger partial charge in [-0.25, -0.2) is 4.79 Å². The van der Waals surface area contributed by atoms with Crippen molar-refractivity contribution in [3.05, 3.63) is 0 Å². The van der Waals surface area contributed by atoms with E-state index in [4.69, 9.17) is 5.11 Å². The summed E-state index contributed by atoms with van der Waals surface area (Å²) < 4.78 is 37.9. The van der Waals surface area contributed by atoms with Crippen LogP contribution < -0.4 is 5.32 Å². The van der Waals surface area contributed by atoms with Crippen LogP contribution in [0.4, 0.5) is 13.2 Å². The number of alkyl halides is 3. The Hall–Kier alpha value is -1.27. The molecule has 2 N–H and O–H groups in total. The van der Waals surface area contributed by atoms with Crippen molar-refractivity contribution in [3.8, 4) is 0 Å². The van der Waals surface area contributed by atoms with Gasteiger partial charge in [-0.15, -0.1) is 0 Å². The van der Waals surface area contributed by atoms with E-state index in [1.54, 1.807) is 0 Å². The van der Waals surface area contributed by atoms with Gasteiger partial charge in [0.05, 0.1) is 5.92 Å². The molecule has 1 aliphatic carbocycles. The lowest BCUT2D eigenvalue weighted by molar-refractivity contribution is -0.186. The summed E-state index contributed by atoms with van der Waals surface area (Å²) in [5.74, 6) is -4.06. The van der Waals surface area contributed by atoms with Crippen molar-refractivity contribution in [1.82, 2.24) is 5.32 Å². The van der Waals surface area contributed by atoms with Gasteiger partial charge >= 0.3 is 12.1 Å². The first kappa shape index (κ1) is 15.8. The summed E-state index contributed by atoms with van der Waals surface area (Å²) >= 11 is 0. The fourth-order valence-electron chi connectivity index (χ4n) is 2.19. The molecule has 0 aliphatic heterocycles. The summed E-state index contributed by atoms with van der Waals surface area (Å²) in [6.07, 6.45) is -3.81. The van der Waals surface area contributed by atoms with Gasteiger partial charge in [-0.1, -0.05) is 6.42 Å². The number of amides is 1. The molecule has 0 spiro atoms. The van der Waals surface area contributed by atoms with E-state index in [0.717, 1.165) is 0 Å². The minimum atomic E-state index is -4.29. The van der Waals surface area contributed by atoms with Crippen molar-refractivity contribution < 1.29 is 27.9 Å². The maximum absolute atomic E-state index is 12.6. The Balaban J connectivity index is 2.65. The zero-order valence-corrected chi connectivity index (χ0v) is 10.9. The molecule has 0 aromatic heterocycles. The van der Waals surface area contributed by atoms with Crippen molar-refractivity contribution in [3.63, 3.8) is 0 Å². The third kappa shape index (κ3) is 4.11. The predicted octanol–water partition coefficient (Wildman–Crippen LogP) is 2.33. The highest BCUT2D eigenvalue weighted by Crippen LogP contribution is 2.40. The van der Waals surface area contributed by atoms with E-state index in [1.165, 1.54) is 13.8 Å². The van der Waals surface area contributed by atoms with E-state index in [0.29, 0.717) is 12.8 Å². The minimum absolute atomic E-state index is 0.0373. The third-order valence-electron chi connectivity index (χ3n) is 3.48. The molecule has 1 saturated carbocycles. The predicted molar refractivity (Wildman–Crippen MR) is 61.4 cm³/mol. The quantitative estimate of drug-likeness (QED) is 0.834. The maximum atomic E-state index is 12.6. The monoisotopic (exact) mass is 281 g/mol. The number of hydrogen-bond donors (Lipinski definition) is 2. The third-order valence-corrected chi connectivity index (χ3v) is 3.48. The highest BCUT2D eigenvalue weighted by molar-refractivity contribution is 5.87. The lowest BCUT2D eigenvalue weighted by Crippen LogP contribution is -2.52. The molecule has 0 bridgehead atoms. The van der Waals surface area contributed by atoms with Crippen molar-refractivity contribution in [2.45, 2.75) is 51.2 Å². The molecular weight excluding hydrogens is 263 g/mol. The fourth-order valence-corrected chi connectivity index (χ4v) is 2.19. The molecule has 2 atom stereocenters. The lowest BCUT2D eigenvalue weighted by Gasteiger charge is -2.31. The van der Waals surface area contributed by atoms with E-state index in [2.05, 4.69) is 5.32 Å². The molecule has 1 amide bonds. The highest BCUT2D eigenvalue weighted by atomic mass is 19.4. The van der Waals surface area contributed by atoms with Gasteiger partial charge in [-0.3, -0.25) is 4.79 Å². The van der Waals surface area contributed by atoms with Crippen LogP contribution in [-0.2, 0) is 9.59 Å². The zero-order chi connectivity index (χ0) is 14.8. The largest absolute Gasteiger partial charge is 0.480 e. The van der Waals surface area contributed by atoms with E-state index >= 15 is 0 Å². The highest BCUT2D eigenvalue weighted by Gasteiger charge is 2.44. The first-order valence-electron chi connectivity index (χ1n) is 6.16. The number of nitrogens with one attached hydrogen (secondary N) is 1. The van der Waals surface area contributed by atoms with Crippen molar-refractivity contribution in [2.24, 2.45) is 11.8 Å². The summed E-state index contributed by atoms with van der Waals surface area (Å²) in [4.78, 5) is 22.7. The SMILES string of the molecule is CC(C)(NC(=O)[C@H]1CCC[C@@H](C(F)(F)F)C1)C(=O)O. The second-order valence-corrected chi connectivity index (χ2v) is 5.52. The number of carbonyl (C=O) groups excluding carboxylic acids is 1. The van der Waals surface area contributed by atoms with Crippen LogP contribution in [0.25, 0.3) is 0 Å². The number of carboxylic acid groups (broad SMARTS) is 1. The molecule has 7 heteroatoms. The Morgan fingerprint density at radius 3 is 2.26 bits per heavy atom. The molecule has 1 aliphatic rings. The maximum Gasteiger partial charge on any atom is 0.391 e. The van der Waals surface area contributed by atoms with E-state index in [9.17, 15) is 22.8 Å². The molecule has 0 heterocycles. The molecular formula is C12H18F3NO3. The standard InChI is InChI=1S/C12H18F3NO3/c1-11(2,10(18)19)16-9(17)7-4-3-5-8(6-7)12(13,14)15/h7-8H,3-6H2,1-2H3,(H,16,17)(H,18,19)/t7-,8+/m0/s1. The molecule has 1 rings (SSSR count). The smallest absolute Gasteiger partial charge is 0.391 e. The zero-order valence-electron chi connectivity index (χ0n) is 10.9. The van der Waals surface area contributed by atoms with Gasteiger partial charge < -0.3 is 10.4 Å². The Labute approximate surface area is 109 Å². The summed E-state index contributed by atoms with van der Waals surface area (Å²) in [6.45, 7) is 2.61. The van der Waals surface area contributed by atoms with E-state index in [1.807, 2.05) is 0 Å². The minimum Gasteiger partial charge on any atom is -0.480 e. The number of rotatable bonds is 3. The molecule has 0 radical (unpaired) electrons. The Morgan fingerprint density at radius 2 is 1.79 bits per heavy atom. The number of carbonyl (C=O) groups is 2. The second-order valence-electron chi connectivity index (χ2n) is 5.52. The normalized spacial score (nSPS) is 24.9. The van der Waals surface area contributed by atoms with Crippen LogP contribution in [-0.4, -0.2) is 28.7 Å².